The van der Waals surface area contributed by atoms with Crippen molar-refractivity contribution in [3.05, 3.63) is 0 Å². The van der Waals surface area contributed by atoms with Crippen molar-refractivity contribution in [3.8, 4) is 0 Å². The van der Waals surface area contributed by atoms with E-state index in [4.69, 9.17) is 14.9 Å². The highest BCUT2D eigenvalue weighted by Crippen LogP contribution is 2.21. The highest BCUT2D eigenvalue weighted by molar-refractivity contribution is 6.26. The molecule has 23 heavy (non-hydrogen) atoms. The topological polar surface area (TPSA) is 106 Å². The van der Waals surface area contributed by atoms with E-state index in [2.05, 4.69) is 5.32 Å². The fourth-order valence-electron chi connectivity index (χ4n) is 2.43. The maximum absolute atomic E-state index is 12.3. The predicted octanol–water partition coefficient (Wildman–Crippen LogP) is 1.38. The number of esters is 1. The molecule has 0 aliphatic heterocycles. The van der Waals surface area contributed by atoms with E-state index in [0.717, 1.165) is 32.1 Å². The zero-order valence-corrected chi connectivity index (χ0v) is 13.8. The molecule has 7 heteroatoms. The van der Waals surface area contributed by atoms with E-state index in [1.807, 2.05) is 0 Å². The first-order chi connectivity index (χ1) is 11.0. The van der Waals surface area contributed by atoms with E-state index in [1.54, 1.807) is 6.92 Å². The van der Waals surface area contributed by atoms with Gasteiger partial charge >= 0.3 is 5.97 Å². The summed E-state index contributed by atoms with van der Waals surface area (Å²) in [6.07, 6.45) is 4.89. The van der Waals surface area contributed by atoms with Gasteiger partial charge in [-0.05, 0) is 39.0 Å². The van der Waals surface area contributed by atoms with Crippen LogP contribution in [0.2, 0.25) is 0 Å². The fourth-order valence-corrected chi connectivity index (χ4v) is 2.43. The lowest BCUT2D eigenvalue weighted by atomic mass is 9.97. The minimum atomic E-state index is -0.897. The van der Waals surface area contributed by atoms with E-state index >= 15 is 0 Å². The van der Waals surface area contributed by atoms with Crippen molar-refractivity contribution < 1.29 is 23.9 Å². The molecule has 0 saturated heterocycles. The van der Waals surface area contributed by atoms with Crippen LogP contribution >= 0.6 is 0 Å². The average molecular weight is 326 g/mol. The lowest BCUT2D eigenvalue weighted by molar-refractivity contribution is -0.155. The molecule has 0 radical (unpaired) electrons. The molecule has 0 aromatic heterocycles. The van der Waals surface area contributed by atoms with Crippen LogP contribution in [-0.2, 0) is 23.9 Å². The number of carbonyl (C=O) groups is 3. The van der Waals surface area contributed by atoms with Gasteiger partial charge in [0.1, 0.15) is 18.2 Å². The number of ether oxygens (including phenoxy) is 2. The summed E-state index contributed by atoms with van der Waals surface area (Å²) in [5.41, 5.74) is 0. The van der Waals surface area contributed by atoms with Crippen LogP contribution < -0.4 is 5.32 Å². The Labute approximate surface area is 136 Å². The Bertz CT molecular complexity index is 432. The normalized spacial score (nSPS) is 17.8. The Morgan fingerprint density at radius 2 is 1.91 bits per heavy atom. The average Bonchev–Trinajstić information content (AvgIpc) is 2.57. The third kappa shape index (κ3) is 6.90. The lowest BCUT2D eigenvalue weighted by Crippen LogP contribution is -2.47. The maximum atomic E-state index is 12.3. The minimum absolute atomic E-state index is 0.00950. The molecule has 1 aliphatic carbocycles. The molecular formula is C16H26N2O5. The number of methoxy groups -OCH3 is 1. The molecular weight excluding hydrogens is 300 g/mol. The van der Waals surface area contributed by atoms with Gasteiger partial charge in [-0.3, -0.25) is 9.59 Å². The monoisotopic (exact) mass is 326 g/mol. The highest BCUT2D eigenvalue weighted by atomic mass is 16.5. The largest absolute Gasteiger partial charge is 0.461 e. The number of hydrogen-bond donors (Lipinski definition) is 2. The van der Waals surface area contributed by atoms with Gasteiger partial charge in [-0.2, -0.15) is 0 Å². The third-order valence-electron chi connectivity index (χ3n) is 4.00. The van der Waals surface area contributed by atoms with E-state index < -0.39 is 29.8 Å². The summed E-state index contributed by atoms with van der Waals surface area (Å²) >= 11 is 0. The van der Waals surface area contributed by atoms with Gasteiger partial charge in [0.15, 0.2) is 5.78 Å². The maximum Gasteiger partial charge on any atom is 0.328 e. The summed E-state index contributed by atoms with van der Waals surface area (Å²) in [6, 6.07) is -0.897. The highest BCUT2D eigenvalue weighted by Gasteiger charge is 2.28. The summed E-state index contributed by atoms with van der Waals surface area (Å²) in [4.78, 5) is 35.5. The van der Waals surface area contributed by atoms with Crippen LogP contribution in [0.25, 0.3) is 0 Å². The molecule has 1 aliphatic rings. The number of nitrogens with one attached hydrogen (secondary N) is 2. The second-order valence-electron chi connectivity index (χ2n) is 5.79. The van der Waals surface area contributed by atoms with Gasteiger partial charge in [-0.25, -0.2) is 4.79 Å². The number of carbonyl (C=O) groups excluding carboxylic acids is 3. The van der Waals surface area contributed by atoms with E-state index in [9.17, 15) is 14.4 Å². The van der Waals surface area contributed by atoms with E-state index in [0.29, 0.717) is 6.21 Å². The molecule has 0 aromatic rings. The molecule has 7 nitrogen and oxygen atoms in total. The van der Waals surface area contributed by atoms with Crippen molar-refractivity contribution in [2.24, 2.45) is 0 Å². The van der Waals surface area contributed by atoms with Crippen LogP contribution in [0, 0.1) is 5.41 Å². The van der Waals surface area contributed by atoms with Crippen LogP contribution in [0.5, 0.6) is 0 Å². The molecule has 0 bridgehead atoms. The molecule has 2 N–H and O–H groups in total. The van der Waals surface area contributed by atoms with Crippen molar-refractivity contribution in [1.82, 2.24) is 5.32 Å². The molecule has 0 spiro atoms. The van der Waals surface area contributed by atoms with Crippen LogP contribution in [-0.4, -0.2) is 49.2 Å². The molecule has 130 valence electrons. The zero-order chi connectivity index (χ0) is 17.2. The second kappa shape index (κ2) is 10.1. The number of ketones is 1. The van der Waals surface area contributed by atoms with Gasteiger partial charge in [-0.1, -0.05) is 6.42 Å². The molecule has 0 heterocycles. The molecule has 0 aromatic carbocycles. The lowest BCUT2D eigenvalue weighted by Gasteiger charge is -2.25. The van der Waals surface area contributed by atoms with E-state index in [1.165, 1.54) is 7.11 Å². The SMILES string of the molecule is CO[C@@H](C)C(=O)N[C@@H](CCC(=O)C=N)C(=O)OC1CCCCC1. The van der Waals surface area contributed by atoms with Crippen molar-refractivity contribution >= 4 is 23.9 Å². The Hall–Kier alpha value is -1.76. The van der Waals surface area contributed by atoms with Gasteiger partial charge in [0.25, 0.3) is 0 Å². The fraction of sp³-hybridized carbons (Fsp3) is 0.750. The zero-order valence-electron chi connectivity index (χ0n) is 13.8. The quantitative estimate of drug-likeness (QED) is 0.492. The Morgan fingerprint density at radius 1 is 1.26 bits per heavy atom. The van der Waals surface area contributed by atoms with Gasteiger partial charge in [0, 0.05) is 13.5 Å². The summed E-state index contributed by atoms with van der Waals surface area (Å²) < 4.78 is 10.4. The summed E-state index contributed by atoms with van der Waals surface area (Å²) in [6.45, 7) is 1.57. The Balaban J connectivity index is 2.63. The number of hydrogen-bond acceptors (Lipinski definition) is 6. The Kier molecular flexibility index (Phi) is 8.47. The van der Waals surface area contributed by atoms with E-state index in [-0.39, 0.29) is 18.9 Å². The van der Waals surface area contributed by atoms with Crippen LogP contribution in [0.3, 0.4) is 0 Å². The summed E-state index contributed by atoms with van der Waals surface area (Å²) in [7, 11) is 1.40. The van der Waals surface area contributed by atoms with Crippen molar-refractivity contribution in [3.63, 3.8) is 0 Å². The minimum Gasteiger partial charge on any atom is -0.461 e. The first kappa shape index (κ1) is 19.3. The molecule has 1 amide bonds. The standard InChI is InChI=1S/C16H26N2O5/c1-11(22-2)15(20)18-14(9-8-12(19)10-17)16(21)23-13-6-4-3-5-7-13/h10-11,13-14,17H,3-9H2,1-2H3,(H,18,20)/t11-,14-/m0/s1. The molecule has 1 saturated carbocycles. The molecule has 0 unspecified atom stereocenters. The smallest absolute Gasteiger partial charge is 0.328 e. The molecule has 1 rings (SSSR count). The van der Waals surface area contributed by atoms with Gasteiger partial charge in [0.2, 0.25) is 5.91 Å². The van der Waals surface area contributed by atoms with Crippen molar-refractivity contribution in [2.45, 2.75) is 70.1 Å². The summed E-state index contributed by atoms with van der Waals surface area (Å²) in [5, 5.41) is 9.48. The number of rotatable bonds is 9. The first-order valence-corrected chi connectivity index (χ1v) is 8.05. The number of amides is 1. The predicted molar refractivity (Wildman–Crippen MR) is 84.4 cm³/mol. The van der Waals surface area contributed by atoms with Crippen LogP contribution in [0.4, 0.5) is 0 Å². The van der Waals surface area contributed by atoms with Gasteiger partial charge < -0.3 is 20.2 Å². The van der Waals surface area contributed by atoms with Gasteiger partial charge in [-0.15, -0.1) is 0 Å². The third-order valence-corrected chi connectivity index (χ3v) is 4.00. The summed E-state index contributed by atoms with van der Waals surface area (Å²) in [5.74, 6) is -1.35. The van der Waals surface area contributed by atoms with Crippen LogP contribution in [0.1, 0.15) is 51.9 Å². The molecule has 2 atom stereocenters. The van der Waals surface area contributed by atoms with Crippen molar-refractivity contribution in [1.29, 1.82) is 5.41 Å². The first-order valence-electron chi connectivity index (χ1n) is 8.05. The second-order valence-corrected chi connectivity index (χ2v) is 5.79. The molecule has 1 fully saturated rings. The van der Waals surface area contributed by atoms with Gasteiger partial charge in [0.05, 0.1) is 6.21 Å². The number of Topliss-reactive ketones (excluding diaryl/α,β-unsaturated/α-hetero) is 1. The Morgan fingerprint density at radius 3 is 2.48 bits per heavy atom. The van der Waals surface area contributed by atoms with Crippen molar-refractivity contribution in [2.75, 3.05) is 7.11 Å². The van der Waals surface area contributed by atoms with Crippen LogP contribution in [0.15, 0.2) is 0 Å².